The summed E-state index contributed by atoms with van der Waals surface area (Å²) in [5, 5.41) is 10.2. The van der Waals surface area contributed by atoms with Crippen LogP contribution < -0.4 is 11.1 Å². The number of hydrogen-bond acceptors (Lipinski definition) is 4. The Morgan fingerprint density at radius 2 is 1.65 bits per heavy atom. The number of carbonyl (C=O) groups excluding carboxylic acids is 2. The van der Waals surface area contributed by atoms with Gasteiger partial charge in [-0.2, -0.15) is 0 Å². The molecule has 0 aromatic carbocycles. The van der Waals surface area contributed by atoms with Crippen LogP contribution in [0.5, 0.6) is 0 Å². The van der Waals surface area contributed by atoms with E-state index in [0.717, 1.165) is 19.4 Å². The van der Waals surface area contributed by atoms with E-state index in [4.69, 9.17) is 10.8 Å². The van der Waals surface area contributed by atoms with Crippen LogP contribution in [0.25, 0.3) is 0 Å². The molecule has 5 nitrogen and oxygen atoms in total. The van der Waals surface area contributed by atoms with Gasteiger partial charge < -0.3 is 21.0 Å². The molecule has 0 saturated heterocycles. The molecule has 104 valence electrons. The zero-order valence-corrected chi connectivity index (χ0v) is 11.6. The van der Waals surface area contributed by atoms with Crippen molar-refractivity contribution in [2.75, 3.05) is 19.7 Å². The molecular formula is C12H28N2O3. The van der Waals surface area contributed by atoms with Crippen molar-refractivity contribution in [3.05, 3.63) is 0 Å². The number of hydrogen-bond donors (Lipinski definition) is 3. The van der Waals surface area contributed by atoms with Gasteiger partial charge in [-0.3, -0.25) is 4.79 Å². The van der Waals surface area contributed by atoms with Gasteiger partial charge in [0.2, 0.25) is 5.91 Å². The highest BCUT2D eigenvalue weighted by Gasteiger charge is 1.93. The second-order valence-corrected chi connectivity index (χ2v) is 3.39. The van der Waals surface area contributed by atoms with Crippen molar-refractivity contribution in [3.63, 3.8) is 0 Å². The third kappa shape index (κ3) is 51.5. The van der Waals surface area contributed by atoms with Gasteiger partial charge in [0.15, 0.2) is 0 Å². The van der Waals surface area contributed by atoms with Gasteiger partial charge in [-0.15, -0.1) is 0 Å². The summed E-state index contributed by atoms with van der Waals surface area (Å²) in [6, 6.07) is 0. The van der Waals surface area contributed by atoms with Crippen molar-refractivity contribution in [2.24, 2.45) is 5.73 Å². The summed E-state index contributed by atoms with van der Waals surface area (Å²) in [6.45, 7) is 8.43. The van der Waals surface area contributed by atoms with Crippen molar-refractivity contribution < 1.29 is 14.7 Å². The summed E-state index contributed by atoms with van der Waals surface area (Å²) >= 11 is 0. The van der Waals surface area contributed by atoms with E-state index in [-0.39, 0.29) is 18.3 Å². The molecule has 0 bridgehead atoms. The standard InChI is InChI=1S/C7H13NO2.C3H9N.C2H6O/c1-6(9)4-3-5-8-7(2)10;1-2-3-4;1-2-3/h3-5H2,1-2H3,(H,8,10);2-4H2,1H3;3H,2H2,1H3. The number of nitrogens with two attached hydrogens (primary N) is 1. The number of aliphatic hydroxyl groups is 1. The fourth-order valence-electron chi connectivity index (χ4n) is 0.602. The second kappa shape index (κ2) is 20.5. The van der Waals surface area contributed by atoms with Crippen molar-refractivity contribution in [1.29, 1.82) is 0 Å². The van der Waals surface area contributed by atoms with Crippen LogP contribution in [0.15, 0.2) is 0 Å². The van der Waals surface area contributed by atoms with Crippen LogP contribution in [0.3, 0.4) is 0 Å². The largest absolute Gasteiger partial charge is 0.397 e. The molecule has 1 amide bonds. The van der Waals surface area contributed by atoms with E-state index in [1.54, 1.807) is 13.8 Å². The fourth-order valence-corrected chi connectivity index (χ4v) is 0.602. The quantitative estimate of drug-likeness (QED) is 0.629. The Kier molecular flexibility index (Phi) is 25.7. The van der Waals surface area contributed by atoms with Gasteiger partial charge in [-0.05, 0) is 33.2 Å². The van der Waals surface area contributed by atoms with E-state index >= 15 is 0 Å². The van der Waals surface area contributed by atoms with E-state index in [9.17, 15) is 9.59 Å². The molecule has 5 heteroatoms. The van der Waals surface area contributed by atoms with E-state index in [1.807, 2.05) is 0 Å². The lowest BCUT2D eigenvalue weighted by Crippen LogP contribution is -2.21. The highest BCUT2D eigenvalue weighted by atomic mass is 16.2. The van der Waals surface area contributed by atoms with Gasteiger partial charge in [-0.25, -0.2) is 0 Å². The first-order chi connectivity index (χ1) is 7.95. The Hall–Kier alpha value is -0.940. The molecule has 0 aromatic heterocycles. The Balaban J connectivity index is -0.000000232. The van der Waals surface area contributed by atoms with E-state index in [2.05, 4.69) is 12.2 Å². The number of aliphatic hydroxyl groups excluding tert-OH is 1. The van der Waals surface area contributed by atoms with Crippen molar-refractivity contribution >= 4 is 11.7 Å². The van der Waals surface area contributed by atoms with Crippen LogP contribution >= 0.6 is 0 Å². The lowest BCUT2D eigenvalue weighted by molar-refractivity contribution is -0.120. The number of nitrogens with one attached hydrogen (secondary N) is 1. The third-order valence-electron chi connectivity index (χ3n) is 1.37. The van der Waals surface area contributed by atoms with Gasteiger partial charge in [0, 0.05) is 26.5 Å². The minimum Gasteiger partial charge on any atom is -0.397 e. The lowest BCUT2D eigenvalue weighted by Gasteiger charge is -1.98. The van der Waals surface area contributed by atoms with E-state index in [0.29, 0.717) is 13.0 Å². The van der Waals surface area contributed by atoms with Gasteiger partial charge >= 0.3 is 0 Å². The smallest absolute Gasteiger partial charge is 0.216 e. The molecule has 4 N–H and O–H groups in total. The van der Waals surface area contributed by atoms with E-state index in [1.165, 1.54) is 6.92 Å². The molecule has 0 spiro atoms. The first-order valence-corrected chi connectivity index (χ1v) is 6.00. The molecule has 0 saturated carbocycles. The van der Waals surface area contributed by atoms with Crippen LogP contribution in [0, 0.1) is 0 Å². The Morgan fingerprint density at radius 3 is 1.88 bits per heavy atom. The summed E-state index contributed by atoms with van der Waals surface area (Å²) in [4.78, 5) is 20.7. The molecule has 0 aliphatic heterocycles. The molecule has 0 atom stereocenters. The van der Waals surface area contributed by atoms with Gasteiger partial charge in [0.05, 0.1) is 0 Å². The maximum atomic E-state index is 10.4. The maximum Gasteiger partial charge on any atom is 0.216 e. The minimum absolute atomic E-state index is 0.0384. The summed E-state index contributed by atoms with van der Waals surface area (Å²) in [5.41, 5.74) is 5.03. The van der Waals surface area contributed by atoms with Crippen molar-refractivity contribution in [1.82, 2.24) is 5.32 Å². The molecule has 0 aliphatic rings. The average Bonchev–Trinajstić information content (AvgIpc) is 2.25. The van der Waals surface area contributed by atoms with Crippen LogP contribution in [0.2, 0.25) is 0 Å². The molecule has 0 fully saturated rings. The summed E-state index contributed by atoms with van der Waals surface area (Å²) in [6.07, 6.45) is 2.40. The maximum absolute atomic E-state index is 10.4. The number of rotatable bonds is 5. The van der Waals surface area contributed by atoms with E-state index < -0.39 is 0 Å². The van der Waals surface area contributed by atoms with Crippen LogP contribution in [0.4, 0.5) is 0 Å². The third-order valence-corrected chi connectivity index (χ3v) is 1.37. The highest BCUT2D eigenvalue weighted by molar-refractivity contribution is 5.75. The number of carbonyl (C=O) groups is 2. The van der Waals surface area contributed by atoms with Crippen LogP contribution in [0.1, 0.15) is 47.0 Å². The first kappa shape index (κ1) is 21.4. The van der Waals surface area contributed by atoms with Crippen LogP contribution in [-0.4, -0.2) is 36.5 Å². The van der Waals surface area contributed by atoms with Crippen molar-refractivity contribution in [3.8, 4) is 0 Å². The Morgan fingerprint density at radius 1 is 1.24 bits per heavy atom. The molecule has 0 heterocycles. The monoisotopic (exact) mass is 248 g/mol. The molecule has 17 heavy (non-hydrogen) atoms. The summed E-state index contributed by atoms with van der Waals surface area (Å²) in [5.74, 6) is 0.133. The fraction of sp³-hybridized carbons (Fsp3) is 0.833. The molecule has 0 aliphatic carbocycles. The van der Waals surface area contributed by atoms with Gasteiger partial charge in [-0.1, -0.05) is 6.92 Å². The molecular weight excluding hydrogens is 220 g/mol. The van der Waals surface area contributed by atoms with Gasteiger partial charge in [0.1, 0.15) is 5.78 Å². The predicted octanol–water partition coefficient (Wildman–Crippen LogP) is 0.845. The molecule has 0 unspecified atom stereocenters. The number of amides is 1. The first-order valence-electron chi connectivity index (χ1n) is 6.00. The zero-order chi connectivity index (χ0) is 14.1. The Labute approximate surface area is 105 Å². The normalized spacial score (nSPS) is 8.12. The minimum atomic E-state index is -0.0384. The zero-order valence-electron chi connectivity index (χ0n) is 11.6. The number of Topliss-reactive ketones (excluding diaryl/α,β-unsaturated/α-hetero) is 1. The summed E-state index contributed by atoms with van der Waals surface area (Å²) in [7, 11) is 0. The molecule has 0 rings (SSSR count). The van der Waals surface area contributed by atoms with Crippen molar-refractivity contribution in [2.45, 2.75) is 47.0 Å². The highest BCUT2D eigenvalue weighted by Crippen LogP contribution is 1.86. The number of ketones is 1. The predicted molar refractivity (Wildman–Crippen MR) is 70.7 cm³/mol. The van der Waals surface area contributed by atoms with Crippen LogP contribution in [-0.2, 0) is 9.59 Å². The molecule has 0 aromatic rings. The summed E-state index contributed by atoms with van der Waals surface area (Å²) < 4.78 is 0. The lowest BCUT2D eigenvalue weighted by atomic mass is 10.2. The SMILES string of the molecule is CC(=O)CCCNC(C)=O.CCCN.CCO. The Bertz CT molecular complexity index is 155. The topological polar surface area (TPSA) is 92.4 Å². The molecule has 0 radical (unpaired) electrons. The average molecular weight is 248 g/mol. The second-order valence-electron chi connectivity index (χ2n) is 3.39. The van der Waals surface area contributed by atoms with Gasteiger partial charge in [0.25, 0.3) is 0 Å².